The summed E-state index contributed by atoms with van der Waals surface area (Å²) in [5.41, 5.74) is -1.74. The standard InChI is InChI=1S/C11H18F3NO2S/c1-18(16,17)9-4-2-3-8(7-9)15-10(5-6-10)11(12,13)14/h8-9,15H,2-7H2,1H3. The van der Waals surface area contributed by atoms with E-state index in [1.54, 1.807) is 0 Å². The molecule has 2 rings (SSSR count). The molecule has 0 bridgehead atoms. The summed E-state index contributed by atoms with van der Waals surface area (Å²) in [6.45, 7) is 0. The third kappa shape index (κ3) is 2.82. The number of alkyl halides is 3. The van der Waals surface area contributed by atoms with Crippen molar-refractivity contribution in [2.24, 2.45) is 0 Å². The third-order valence-corrected chi connectivity index (χ3v) is 5.64. The number of hydrogen-bond donors (Lipinski definition) is 1. The van der Waals surface area contributed by atoms with Crippen LogP contribution in [0.25, 0.3) is 0 Å². The summed E-state index contributed by atoms with van der Waals surface area (Å²) in [6.07, 6.45) is -0.686. The quantitative estimate of drug-likeness (QED) is 0.863. The highest BCUT2D eigenvalue weighted by Gasteiger charge is 2.63. The van der Waals surface area contributed by atoms with Crippen molar-refractivity contribution in [2.45, 2.75) is 61.5 Å². The Labute approximate surface area is 105 Å². The summed E-state index contributed by atoms with van der Waals surface area (Å²) in [5.74, 6) is 0. The van der Waals surface area contributed by atoms with Gasteiger partial charge in [-0.2, -0.15) is 13.2 Å². The van der Waals surface area contributed by atoms with Gasteiger partial charge in [0.25, 0.3) is 0 Å². The van der Waals surface area contributed by atoms with Crippen molar-refractivity contribution in [3.63, 3.8) is 0 Å². The summed E-state index contributed by atoms with van der Waals surface area (Å²) >= 11 is 0. The molecule has 3 nitrogen and oxygen atoms in total. The molecule has 0 aromatic carbocycles. The fraction of sp³-hybridized carbons (Fsp3) is 1.00. The monoisotopic (exact) mass is 285 g/mol. The van der Waals surface area contributed by atoms with E-state index >= 15 is 0 Å². The van der Waals surface area contributed by atoms with Crippen molar-refractivity contribution < 1.29 is 21.6 Å². The van der Waals surface area contributed by atoms with Gasteiger partial charge in [-0.1, -0.05) is 6.42 Å². The van der Waals surface area contributed by atoms with E-state index in [4.69, 9.17) is 0 Å². The lowest BCUT2D eigenvalue weighted by atomic mass is 9.94. The van der Waals surface area contributed by atoms with Crippen LogP contribution in [0.4, 0.5) is 13.2 Å². The zero-order valence-electron chi connectivity index (χ0n) is 10.3. The minimum absolute atomic E-state index is 0.108. The van der Waals surface area contributed by atoms with Gasteiger partial charge >= 0.3 is 6.18 Å². The first kappa shape index (κ1) is 14.1. The van der Waals surface area contributed by atoms with Crippen LogP contribution in [0.1, 0.15) is 38.5 Å². The van der Waals surface area contributed by atoms with Crippen LogP contribution in [0.15, 0.2) is 0 Å². The molecule has 2 aliphatic carbocycles. The summed E-state index contributed by atoms with van der Waals surface area (Å²) in [5, 5.41) is 2.17. The van der Waals surface area contributed by atoms with Gasteiger partial charge in [-0.25, -0.2) is 8.42 Å². The zero-order valence-corrected chi connectivity index (χ0v) is 11.1. The summed E-state index contributed by atoms with van der Waals surface area (Å²) in [4.78, 5) is 0. The largest absolute Gasteiger partial charge is 0.406 e. The molecular weight excluding hydrogens is 267 g/mol. The van der Waals surface area contributed by atoms with Crippen LogP contribution in [0.2, 0.25) is 0 Å². The topological polar surface area (TPSA) is 46.2 Å². The molecule has 0 spiro atoms. The first-order valence-electron chi connectivity index (χ1n) is 6.17. The molecule has 18 heavy (non-hydrogen) atoms. The van der Waals surface area contributed by atoms with Crippen molar-refractivity contribution >= 4 is 9.84 Å². The van der Waals surface area contributed by atoms with Crippen molar-refractivity contribution in [1.82, 2.24) is 5.32 Å². The first-order valence-corrected chi connectivity index (χ1v) is 8.13. The van der Waals surface area contributed by atoms with E-state index in [9.17, 15) is 21.6 Å². The first-order chi connectivity index (χ1) is 8.14. The van der Waals surface area contributed by atoms with E-state index < -0.39 is 26.8 Å². The van der Waals surface area contributed by atoms with Crippen LogP contribution in [0, 0.1) is 0 Å². The fourth-order valence-corrected chi connectivity index (χ4v) is 3.87. The number of hydrogen-bond acceptors (Lipinski definition) is 3. The van der Waals surface area contributed by atoms with E-state index in [1.807, 2.05) is 0 Å². The molecule has 0 aliphatic heterocycles. The molecule has 0 radical (unpaired) electrons. The SMILES string of the molecule is CS(=O)(=O)C1CCCC(NC2(C(F)(F)F)CC2)C1. The maximum absolute atomic E-state index is 12.8. The van der Waals surface area contributed by atoms with Crippen molar-refractivity contribution in [3.8, 4) is 0 Å². The Balaban J connectivity index is 1.99. The molecule has 2 saturated carbocycles. The maximum Gasteiger partial charge on any atom is 0.406 e. The molecule has 0 aromatic rings. The number of halogens is 3. The second kappa shape index (κ2) is 4.37. The highest BCUT2D eigenvalue weighted by atomic mass is 32.2. The van der Waals surface area contributed by atoms with Gasteiger partial charge in [0.05, 0.1) is 5.25 Å². The lowest BCUT2D eigenvalue weighted by molar-refractivity contribution is -0.168. The lowest BCUT2D eigenvalue weighted by Crippen LogP contribution is -2.52. The summed E-state index contributed by atoms with van der Waals surface area (Å²) < 4.78 is 61.3. The summed E-state index contributed by atoms with van der Waals surface area (Å²) in [6, 6.07) is -0.331. The lowest BCUT2D eigenvalue weighted by Gasteiger charge is -2.33. The molecular formula is C11H18F3NO2S. The number of rotatable bonds is 3. The van der Waals surface area contributed by atoms with Gasteiger partial charge in [0.2, 0.25) is 0 Å². The maximum atomic E-state index is 12.8. The second-order valence-electron chi connectivity index (χ2n) is 5.54. The molecule has 0 heterocycles. The molecule has 1 N–H and O–H groups in total. The molecule has 7 heteroatoms. The zero-order chi connectivity index (χ0) is 13.6. The second-order valence-corrected chi connectivity index (χ2v) is 7.86. The van der Waals surface area contributed by atoms with E-state index in [1.165, 1.54) is 0 Å². The van der Waals surface area contributed by atoms with Crippen molar-refractivity contribution in [1.29, 1.82) is 0 Å². The minimum atomic E-state index is -4.23. The van der Waals surface area contributed by atoms with E-state index in [0.717, 1.165) is 6.26 Å². The van der Waals surface area contributed by atoms with Gasteiger partial charge in [0, 0.05) is 12.3 Å². The highest BCUT2D eigenvalue weighted by Crippen LogP contribution is 2.49. The fourth-order valence-electron chi connectivity index (χ4n) is 2.69. The van der Waals surface area contributed by atoms with Gasteiger partial charge < -0.3 is 5.32 Å². The van der Waals surface area contributed by atoms with Crippen LogP contribution in [0.3, 0.4) is 0 Å². The highest BCUT2D eigenvalue weighted by molar-refractivity contribution is 7.91. The Morgan fingerprint density at radius 1 is 1.22 bits per heavy atom. The predicted octanol–water partition coefficient (Wildman–Crippen LogP) is 2.03. The molecule has 2 aliphatic rings. The predicted molar refractivity (Wildman–Crippen MR) is 62.0 cm³/mol. The minimum Gasteiger partial charge on any atom is -0.301 e. The van der Waals surface area contributed by atoms with E-state index in [2.05, 4.69) is 5.32 Å². The van der Waals surface area contributed by atoms with E-state index in [-0.39, 0.29) is 18.9 Å². The van der Waals surface area contributed by atoms with Crippen LogP contribution >= 0.6 is 0 Å². The van der Waals surface area contributed by atoms with Gasteiger partial charge in [-0.3, -0.25) is 0 Å². The van der Waals surface area contributed by atoms with Crippen LogP contribution in [0.5, 0.6) is 0 Å². The number of nitrogens with one attached hydrogen (secondary N) is 1. The number of sulfone groups is 1. The molecule has 2 fully saturated rings. The Bertz CT molecular complexity index is 414. The molecule has 0 aromatic heterocycles. The van der Waals surface area contributed by atoms with Gasteiger partial charge in [-0.05, 0) is 32.1 Å². The van der Waals surface area contributed by atoms with Crippen LogP contribution in [-0.4, -0.2) is 37.7 Å². The van der Waals surface area contributed by atoms with E-state index in [0.29, 0.717) is 25.7 Å². The Morgan fingerprint density at radius 2 is 1.83 bits per heavy atom. The Hall–Kier alpha value is -0.300. The molecule has 106 valence electrons. The van der Waals surface area contributed by atoms with Gasteiger partial charge in [0.1, 0.15) is 15.4 Å². The summed E-state index contributed by atoms with van der Waals surface area (Å²) in [7, 11) is -3.15. The molecule has 0 amide bonds. The van der Waals surface area contributed by atoms with Crippen LogP contribution < -0.4 is 5.32 Å². The van der Waals surface area contributed by atoms with Crippen molar-refractivity contribution in [3.05, 3.63) is 0 Å². The average molecular weight is 285 g/mol. The Kier molecular flexibility index (Phi) is 3.43. The average Bonchev–Trinajstić information content (AvgIpc) is 2.97. The van der Waals surface area contributed by atoms with Crippen molar-refractivity contribution in [2.75, 3.05) is 6.26 Å². The Morgan fingerprint density at radius 3 is 2.28 bits per heavy atom. The van der Waals surface area contributed by atoms with Crippen LogP contribution in [-0.2, 0) is 9.84 Å². The normalized spacial score (nSPS) is 32.2. The molecule has 0 saturated heterocycles. The third-order valence-electron chi connectivity index (χ3n) is 4.00. The molecule has 2 unspecified atom stereocenters. The smallest absolute Gasteiger partial charge is 0.301 e. The van der Waals surface area contributed by atoms with Gasteiger partial charge in [0.15, 0.2) is 0 Å². The van der Waals surface area contributed by atoms with Gasteiger partial charge in [-0.15, -0.1) is 0 Å². The molecule has 2 atom stereocenters.